The zero-order valence-corrected chi connectivity index (χ0v) is 22.6. The molecule has 1 N–H and O–H groups in total. The monoisotopic (exact) mass is 589 g/mol. The predicted octanol–water partition coefficient (Wildman–Crippen LogP) is 6.48. The van der Waals surface area contributed by atoms with Crippen molar-refractivity contribution in [1.29, 1.82) is 0 Å². The van der Waals surface area contributed by atoms with E-state index < -0.39 is 65.5 Å². The molecule has 3 atom stereocenters. The molecular weight excluding hydrogens is 559 g/mol. The normalized spacial score (nSPS) is 23.7. The molecule has 2 amide bonds. The fourth-order valence-corrected chi connectivity index (χ4v) is 6.19. The number of likely N-dealkylation sites (tertiary alicyclic amines) is 2. The Balaban J connectivity index is 1.66. The largest absolute Gasteiger partial charge is 0.480 e. The lowest BCUT2D eigenvalue weighted by Crippen LogP contribution is -2.57. The van der Waals surface area contributed by atoms with Gasteiger partial charge in [-0.3, -0.25) is 9.69 Å². The number of alkyl halides is 6. The van der Waals surface area contributed by atoms with Gasteiger partial charge in [-0.1, -0.05) is 6.07 Å². The molecule has 6 nitrogen and oxygen atoms in total. The van der Waals surface area contributed by atoms with Gasteiger partial charge in [0.25, 0.3) is 0 Å². The number of carboxylic acid groups (broad SMARTS) is 1. The molecule has 0 aliphatic carbocycles. The number of urea groups is 1. The summed E-state index contributed by atoms with van der Waals surface area (Å²) in [7, 11) is 3.01. The Morgan fingerprint density at radius 1 is 1.02 bits per heavy atom. The minimum absolute atomic E-state index is 0.0330. The first-order valence-corrected chi connectivity index (χ1v) is 12.9. The molecule has 0 aromatic heterocycles. The average Bonchev–Trinajstić information content (AvgIpc) is 3.17. The Morgan fingerprint density at radius 2 is 1.63 bits per heavy atom. The van der Waals surface area contributed by atoms with Crippen LogP contribution in [0.4, 0.5) is 35.5 Å². The number of likely N-dealkylation sites (N-methyl/N-ethyl adjacent to an activating group) is 1. The molecule has 0 unspecified atom stereocenters. The van der Waals surface area contributed by atoms with Gasteiger partial charge in [-0.15, -0.1) is 0 Å². The van der Waals surface area contributed by atoms with Gasteiger partial charge in [-0.2, -0.15) is 26.3 Å². The van der Waals surface area contributed by atoms with Crippen LogP contribution in [0.25, 0.3) is 0 Å². The highest BCUT2D eigenvalue weighted by Crippen LogP contribution is 2.48. The Bertz CT molecular complexity index is 1300. The standard InChI is InChI=1S/C28H30F7N3O3/c1-16-10-20(29)4-5-21(16)23-14-26(7-6-22(24(39)40)37(26)3)8-9-38(23)25(41)36(2)15-17-11-18(27(30,31)32)13-19(12-17)28(33,34)35/h4-5,10-13,22-23H,6-9,14-15H2,1-3H3,(H,39,40)/t22-,23-,26+/m1/s1. The zero-order valence-electron chi connectivity index (χ0n) is 22.6. The fourth-order valence-electron chi connectivity index (χ4n) is 6.19. The lowest BCUT2D eigenvalue weighted by atomic mass is 9.78. The van der Waals surface area contributed by atoms with Crippen LogP contribution in [0.1, 0.15) is 59.5 Å². The van der Waals surface area contributed by atoms with Crippen molar-refractivity contribution in [1.82, 2.24) is 14.7 Å². The van der Waals surface area contributed by atoms with E-state index in [0.29, 0.717) is 48.9 Å². The molecule has 0 bridgehead atoms. The number of amides is 2. The molecule has 0 radical (unpaired) electrons. The molecule has 41 heavy (non-hydrogen) atoms. The number of hydrogen-bond acceptors (Lipinski definition) is 3. The highest BCUT2D eigenvalue weighted by Gasteiger charge is 2.52. The summed E-state index contributed by atoms with van der Waals surface area (Å²) in [6, 6.07) is 3.33. The first-order valence-electron chi connectivity index (χ1n) is 12.9. The van der Waals surface area contributed by atoms with Crippen molar-refractivity contribution in [3.05, 3.63) is 70.0 Å². The first kappa shape index (κ1) is 30.6. The molecule has 2 heterocycles. The Hall–Kier alpha value is -3.35. The Kier molecular flexibility index (Phi) is 8.07. The Labute approximate surface area is 232 Å². The molecule has 0 saturated carbocycles. The molecule has 13 heteroatoms. The summed E-state index contributed by atoms with van der Waals surface area (Å²) in [5, 5.41) is 9.65. The van der Waals surface area contributed by atoms with Crippen molar-refractivity contribution in [2.45, 2.75) is 69.1 Å². The third kappa shape index (κ3) is 6.14. The van der Waals surface area contributed by atoms with Crippen LogP contribution in [0.2, 0.25) is 0 Å². The number of carboxylic acids is 1. The van der Waals surface area contributed by atoms with Crippen molar-refractivity contribution in [2.24, 2.45) is 0 Å². The number of carbonyl (C=O) groups excluding carboxylic acids is 1. The third-order valence-electron chi connectivity index (χ3n) is 8.38. The van der Waals surface area contributed by atoms with Crippen molar-refractivity contribution >= 4 is 12.0 Å². The summed E-state index contributed by atoms with van der Waals surface area (Å²) in [6.45, 7) is 1.30. The zero-order chi connectivity index (χ0) is 30.5. The molecule has 2 fully saturated rings. The van der Waals surface area contributed by atoms with Crippen LogP contribution in [0.15, 0.2) is 36.4 Å². The quantitative estimate of drug-likeness (QED) is 0.415. The number of benzene rings is 2. The van der Waals surface area contributed by atoms with Gasteiger partial charge in [0.2, 0.25) is 0 Å². The highest BCUT2D eigenvalue weighted by atomic mass is 19.4. The molecule has 4 rings (SSSR count). The molecule has 224 valence electrons. The maximum Gasteiger partial charge on any atom is 0.416 e. The summed E-state index contributed by atoms with van der Waals surface area (Å²) < 4.78 is 94.1. The van der Waals surface area contributed by atoms with E-state index in [1.54, 1.807) is 24.9 Å². The second-order valence-electron chi connectivity index (χ2n) is 10.9. The summed E-state index contributed by atoms with van der Waals surface area (Å²) >= 11 is 0. The Morgan fingerprint density at radius 3 is 2.15 bits per heavy atom. The van der Waals surface area contributed by atoms with Gasteiger partial charge in [0, 0.05) is 25.7 Å². The van der Waals surface area contributed by atoms with Crippen LogP contribution < -0.4 is 0 Å². The molecule has 2 aromatic rings. The predicted molar refractivity (Wildman–Crippen MR) is 134 cm³/mol. The summed E-state index contributed by atoms with van der Waals surface area (Å²) in [5.41, 5.74) is -2.67. The van der Waals surface area contributed by atoms with Gasteiger partial charge in [0.15, 0.2) is 0 Å². The number of hydrogen-bond donors (Lipinski definition) is 1. The van der Waals surface area contributed by atoms with Crippen molar-refractivity contribution in [3.8, 4) is 0 Å². The van der Waals surface area contributed by atoms with E-state index >= 15 is 0 Å². The molecule has 1 spiro atoms. The summed E-state index contributed by atoms with van der Waals surface area (Å²) in [4.78, 5) is 29.8. The third-order valence-corrected chi connectivity index (χ3v) is 8.38. The van der Waals surface area contributed by atoms with Crippen LogP contribution in [0, 0.1) is 12.7 Å². The second kappa shape index (κ2) is 10.8. The summed E-state index contributed by atoms with van der Waals surface area (Å²) in [6.07, 6.45) is -8.35. The number of aliphatic carboxylic acids is 1. The van der Waals surface area contributed by atoms with Gasteiger partial charge in [-0.25, -0.2) is 9.18 Å². The topological polar surface area (TPSA) is 64.1 Å². The van der Waals surface area contributed by atoms with Crippen LogP contribution in [0.5, 0.6) is 0 Å². The number of piperidine rings is 1. The molecule has 2 aromatic carbocycles. The lowest BCUT2D eigenvalue weighted by molar-refractivity contribution is -0.144. The number of aryl methyl sites for hydroxylation is 1. The second-order valence-corrected chi connectivity index (χ2v) is 10.9. The number of halogens is 7. The van der Waals surface area contributed by atoms with Gasteiger partial charge >= 0.3 is 24.4 Å². The first-order chi connectivity index (χ1) is 18.9. The van der Waals surface area contributed by atoms with Crippen molar-refractivity contribution in [2.75, 3.05) is 20.6 Å². The molecular formula is C28H30F7N3O3. The van der Waals surface area contributed by atoms with E-state index in [0.717, 1.165) is 4.90 Å². The lowest BCUT2D eigenvalue weighted by Gasteiger charge is -2.49. The van der Waals surface area contributed by atoms with Crippen LogP contribution in [0.3, 0.4) is 0 Å². The maximum atomic E-state index is 13.9. The van der Waals surface area contributed by atoms with E-state index in [-0.39, 0.29) is 18.2 Å². The minimum Gasteiger partial charge on any atom is -0.480 e. The van der Waals surface area contributed by atoms with Crippen LogP contribution >= 0.6 is 0 Å². The van der Waals surface area contributed by atoms with Gasteiger partial charge in [0.05, 0.1) is 17.2 Å². The van der Waals surface area contributed by atoms with E-state index in [1.165, 1.54) is 24.1 Å². The summed E-state index contributed by atoms with van der Waals surface area (Å²) in [5.74, 6) is -1.45. The number of carbonyl (C=O) groups is 2. The maximum absolute atomic E-state index is 13.9. The van der Waals surface area contributed by atoms with Crippen molar-refractivity contribution < 1.29 is 45.4 Å². The number of rotatable bonds is 4. The number of nitrogens with zero attached hydrogens (tertiary/aromatic N) is 3. The van der Waals surface area contributed by atoms with Gasteiger partial charge < -0.3 is 14.9 Å². The van der Waals surface area contributed by atoms with Gasteiger partial charge in [0.1, 0.15) is 11.9 Å². The van der Waals surface area contributed by atoms with Crippen LogP contribution in [-0.2, 0) is 23.7 Å². The van der Waals surface area contributed by atoms with E-state index in [2.05, 4.69) is 0 Å². The fraction of sp³-hybridized carbons (Fsp3) is 0.500. The van der Waals surface area contributed by atoms with E-state index in [4.69, 9.17) is 0 Å². The van der Waals surface area contributed by atoms with Crippen molar-refractivity contribution in [3.63, 3.8) is 0 Å². The van der Waals surface area contributed by atoms with E-state index in [1.807, 2.05) is 0 Å². The van der Waals surface area contributed by atoms with E-state index in [9.17, 15) is 45.4 Å². The highest BCUT2D eigenvalue weighted by molar-refractivity contribution is 5.76. The molecule has 2 aliphatic heterocycles. The van der Waals surface area contributed by atoms with Gasteiger partial charge in [-0.05, 0) is 86.7 Å². The smallest absolute Gasteiger partial charge is 0.416 e. The van der Waals surface area contributed by atoms with Crippen LogP contribution in [-0.4, -0.2) is 64.0 Å². The average molecular weight is 590 g/mol. The molecule has 2 aliphatic rings. The minimum atomic E-state index is -5.02. The molecule has 2 saturated heterocycles. The SMILES string of the molecule is Cc1cc(F)ccc1[C@H]1C[C@]2(CC[C@H](C(=O)O)N2C)CCN1C(=O)N(C)Cc1cc(C(F)(F)F)cc(C(F)(F)F)c1.